The third kappa shape index (κ3) is 4.62. The Balaban J connectivity index is 1.43. The van der Waals surface area contributed by atoms with Crippen molar-refractivity contribution in [2.45, 2.75) is 58.3 Å². The van der Waals surface area contributed by atoms with Gasteiger partial charge in [-0.1, -0.05) is 49.7 Å². The number of aliphatic hydroxyl groups excluding tert-OH is 2. The number of esters is 2. The van der Waals surface area contributed by atoms with Crippen LogP contribution in [0.15, 0.2) is 88.9 Å². The summed E-state index contributed by atoms with van der Waals surface area (Å²) in [6.07, 6.45) is 9.62. The molecule has 0 aromatic heterocycles. The lowest BCUT2D eigenvalue weighted by Crippen LogP contribution is -2.52. The maximum Gasteiger partial charge on any atom is 0.340 e. The van der Waals surface area contributed by atoms with Crippen molar-refractivity contribution in [3.63, 3.8) is 0 Å². The fraction of sp³-hybridized carbons (Fsp3) is 0.421. The van der Waals surface area contributed by atoms with Gasteiger partial charge in [-0.25, -0.2) is 9.59 Å². The predicted octanol–water partition coefficient (Wildman–Crippen LogP) is 6.61. The molecule has 4 aliphatic carbocycles. The summed E-state index contributed by atoms with van der Waals surface area (Å²) >= 11 is 0. The summed E-state index contributed by atoms with van der Waals surface area (Å²) in [5.74, 6) is 0.361. The zero-order valence-electron chi connectivity index (χ0n) is 25.6. The van der Waals surface area contributed by atoms with Gasteiger partial charge in [0.25, 0.3) is 0 Å². The van der Waals surface area contributed by atoms with Crippen molar-refractivity contribution in [3.8, 4) is 16.9 Å². The Kier molecular flexibility index (Phi) is 7.78. The van der Waals surface area contributed by atoms with E-state index in [1.165, 1.54) is 0 Å². The van der Waals surface area contributed by atoms with E-state index in [1.807, 2.05) is 42.5 Å². The molecule has 0 amide bonds. The molecule has 5 unspecified atom stereocenters. The van der Waals surface area contributed by atoms with Crippen LogP contribution in [-0.4, -0.2) is 40.5 Å². The molecule has 2 fully saturated rings. The Morgan fingerprint density at radius 3 is 2.56 bits per heavy atom. The highest BCUT2D eigenvalue weighted by atomic mass is 16.5. The van der Waals surface area contributed by atoms with Gasteiger partial charge in [-0.05, 0) is 109 Å². The molecule has 2 aliphatic heterocycles. The summed E-state index contributed by atoms with van der Waals surface area (Å²) in [5, 5.41) is 29.9. The van der Waals surface area contributed by atoms with E-state index in [-0.39, 0.29) is 54.6 Å². The molecule has 234 valence electrons. The lowest BCUT2D eigenvalue weighted by molar-refractivity contribution is -0.135. The lowest BCUT2D eigenvalue weighted by atomic mass is 9.44. The zero-order chi connectivity index (χ0) is 31.3. The number of benzene rings is 2. The SMILES string of the molecule is CCCC=C1OC(=O)C2=C(c3cc(O)ccc3-c3ccccc3)C3CCC12C1C2=C(CCC31)C(=CCC(CO)CCO)OC2=O. The van der Waals surface area contributed by atoms with Crippen molar-refractivity contribution in [1.82, 2.24) is 0 Å². The van der Waals surface area contributed by atoms with Crippen LogP contribution in [0.5, 0.6) is 5.75 Å². The van der Waals surface area contributed by atoms with Crippen LogP contribution in [0.4, 0.5) is 0 Å². The molecular weight excluding hydrogens is 568 g/mol. The third-order valence-electron chi connectivity index (χ3n) is 10.8. The molecule has 2 aromatic rings. The predicted molar refractivity (Wildman–Crippen MR) is 169 cm³/mol. The van der Waals surface area contributed by atoms with E-state index in [2.05, 4.69) is 13.0 Å². The topological polar surface area (TPSA) is 113 Å². The number of aliphatic hydroxyl groups is 2. The van der Waals surface area contributed by atoms with Gasteiger partial charge in [0, 0.05) is 30.3 Å². The molecule has 2 bridgehead atoms. The number of allylic oxidation sites excluding steroid dienone is 5. The van der Waals surface area contributed by atoms with Gasteiger partial charge in [0.05, 0.1) is 11.0 Å². The van der Waals surface area contributed by atoms with Crippen LogP contribution in [0.25, 0.3) is 16.7 Å². The van der Waals surface area contributed by atoms with Gasteiger partial charge in [0.15, 0.2) is 0 Å². The molecule has 8 rings (SSSR count). The molecule has 6 aliphatic rings. The third-order valence-corrected chi connectivity index (χ3v) is 10.8. The number of rotatable bonds is 9. The number of carbonyl (C=O) groups is 2. The van der Waals surface area contributed by atoms with Crippen LogP contribution >= 0.6 is 0 Å². The van der Waals surface area contributed by atoms with Crippen LogP contribution < -0.4 is 0 Å². The van der Waals surface area contributed by atoms with Gasteiger partial charge < -0.3 is 24.8 Å². The van der Waals surface area contributed by atoms with Gasteiger partial charge in [-0.2, -0.15) is 0 Å². The number of phenolic OH excluding ortho intramolecular Hbond substituents is 1. The van der Waals surface area contributed by atoms with Gasteiger partial charge in [-0.3, -0.25) is 0 Å². The summed E-state index contributed by atoms with van der Waals surface area (Å²) < 4.78 is 12.1. The monoisotopic (exact) mass is 608 g/mol. The second-order valence-electron chi connectivity index (χ2n) is 13.1. The fourth-order valence-corrected chi connectivity index (χ4v) is 8.90. The Morgan fingerprint density at radius 1 is 0.978 bits per heavy atom. The van der Waals surface area contributed by atoms with E-state index in [9.17, 15) is 24.9 Å². The lowest BCUT2D eigenvalue weighted by Gasteiger charge is -2.56. The average Bonchev–Trinajstić information content (AvgIpc) is 3.55. The summed E-state index contributed by atoms with van der Waals surface area (Å²) in [6, 6.07) is 15.4. The van der Waals surface area contributed by atoms with E-state index in [4.69, 9.17) is 9.47 Å². The van der Waals surface area contributed by atoms with E-state index >= 15 is 0 Å². The quantitative estimate of drug-likeness (QED) is 0.275. The first-order valence-electron chi connectivity index (χ1n) is 16.4. The Morgan fingerprint density at radius 2 is 1.80 bits per heavy atom. The van der Waals surface area contributed by atoms with Crippen LogP contribution in [0, 0.1) is 29.1 Å². The first kappa shape index (κ1) is 29.8. The number of ether oxygens (including phenoxy) is 2. The van der Waals surface area contributed by atoms with E-state index in [0.29, 0.717) is 48.3 Å². The summed E-state index contributed by atoms with van der Waals surface area (Å²) in [5.41, 5.74) is 5.17. The Hall–Kier alpha value is -3.94. The number of phenols is 1. The molecular formula is C38H40O7. The average molecular weight is 609 g/mol. The largest absolute Gasteiger partial charge is 0.508 e. The van der Waals surface area contributed by atoms with Crippen molar-refractivity contribution in [2.75, 3.05) is 13.2 Å². The molecule has 1 saturated heterocycles. The molecule has 3 N–H and O–H groups in total. The Bertz CT molecular complexity index is 1660. The maximum atomic E-state index is 14.1. The number of fused-ring (bicyclic) bond motifs is 1. The molecule has 45 heavy (non-hydrogen) atoms. The maximum absolute atomic E-state index is 14.1. The summed E-state index contributed by atoms with van der Waals surface area (Å²) in [4.78, 5) is 27.9. The highest BCUT2D eigenvalue weighted by Gasteiger charge is 2.68. The molecule has 1 spiro atoms. The minimum absolute atomic E-state index is 0.00687. The zero-order valence-corrected chi connectivity index (χ0v) is 25.6. The first-order valence-corrected chi connectivity index (χ1v) is 16.4. The molecule has 7 heteroatoms. The normalized spacial score (nSPS) is 29.2. The van der Waals surface area contributed by atoms with Crippen molar-refractivity contribution in [1.29, 1.82) is 0 Å². The van der Waals surface area contributed by atoms with Crippen molar-refractivity contribution >= 4 is 17.5 Å². The van der Waals surface area contributed by atoms with Gasteiger partial charge in [0.1, 0.15) is 17.3 Å². The van der Waals surface area contributed by atoms with Gasteiger partial charge in [-0.15, -0.1) is 0 Å². The summed E-state index contributed by atoms with van der Waals surface area (Å²) in [7, 11) is 0. The van der Waals surface area contributed by atoms with Gasteiger partial charge in [0.2, 0.25) is 0 Å². The minimum Gasteiger partial charge on any atom is -0.508 e. The minimum atomic E-state index is -0.791. The number of cyclic esters (lactones) is 2. The van der Waals surface area contributed by atoms with Gasteiger partial charge >= 0.3 is 11.9 Å². The van der Waals surface area contributed by atoms with Crippen molar-refractivity contribution in [3.05, 3.63) is 94.5 Å². The second kappa shape index (κ2) is 11.8. The highest BCUT2D eigenvalue weighted by molar-refractivity contribution is 6.07. The summed E-state index contributed by atoms with van der Waals surface area (Å²) in [6.45, 7) is 2.02. The number of aromatic hydroxyl groups is 1. The van der Waals surface area contributed by atoms with Crippen LogP contribution in [0.2, 0.25) is 0 Å². The van der Waals surface area contributed by atoms with Crippen LogP contribution in [0.1, 0.15) is 63.9 Å². The Labute approximate surface area is 263 Å². The number of hydrogen-bond acceptors (Lipinski definition) is 7. The standard InChI is InChI=1S/C38H40O7/c1-2-3-9-31-38-18-16-26(27-13-14-28-30(15-10-22(21-40)17-19-39)44-36(42)33(28)34(27)38)32(35(38)37(43)45-31)29-20-24(41)11-12-25(29)23-7-5-4-6-8-23/h4-9,11-12,15,20,22,26-27,34,39-41H,2-3,10,13-14,16-19,21H2,1H3. The van der Waals surface area contributed by atoms with Crippen LogP contribution in [0.3, 0.4) is 0 Å². The van der Waals surface area contributed by atoms with E-state index in [1.54, 1.807) is 12.1 Å². The second-order valence-corrected chi connectivity index (χ2v) is 13.1. The molecule has 1 saturated carbocycles. The first-order chi connectivity index (χ1) is 21.9. The number of carbonyl (C=O) groups excluding carboxylic acids is 2. The molecule has 2 heterocycles. The highest BCUT2D eigenvalue weighted by Crippen LogP contribution is 2.72. The molecule has 0 radical (unpaired) electrons. The number of hydrogen-bond donors (Lipinski definition) is 3. The number of unbranched alkanes of at least 4 members (excludes halogenated alkanes) is 1. The van der Waals surface area contributed by atoms with E-state index < -0.39 is 5.41 Å². The van der Waals surface area contributed by atoms with Crippen molar-refractivity contribution in [2.24, 2.45) is 29.1 Å². The van der Waals surface area contributed by atoms with Crippen molar-refractivity contribution < 1.29 is 34.4 Å². The van der Waals surface area contributed by atoms with Crippen LogP contribution in [-0.2, 0) is 19.1 Å². The molecule has 2 aromatic carbocycles. The fourth-order valence-electron chi connectivity index (χ4n) is 8.90. The van der Waals surface area contributed by atoms with E-state index in [0.717, 1.165) is 53.5 Å². The molecule has 5 atom stereocenters. The molecule has 7 nitrogen and oxygen atoms in total. The smallest absolute Gasteiger partial charge is 0.340 e.